The molecule has 0 radical (unpaired) electrons. The summed E-state index contributed by atoms with van der Waals surface area (Å²) < 4.78 is 18.7. The van der Waals surface area contributed by atoms with Crippen molar-refractivity contribution in [2.24, 2.45) is 5.16 Å². The first-order valence-corrected chi connectivity index (χ1v) is 6.41. The van der Waals surface area contributed by atoms with Crippen LogP contribution >= 0.6 is 0 Å². The second-order valence-electron chi connectivity index (χ2n) is 4.31. The smallest absolute Gasteiger partial charge is 0.128 e. The SMILES string of the molecule is C/C(=N/O)c1cc(F)ccc1OCCCCCCO. The van der Waals surface area contributed by atoms with Crippen LogP contribution in [-0.2, 0) is 0 Å². The van der Waals surface area contributed by atoms with Crippen LogP contribution < -0.4 is 4.74 Å². The Kier molecular flexibility index (Phi) is 6.89. The maximum Gasteiger partial charge on any atom is 0.128 e. The Morgan fingerprint density at radius 1 is 1.26 bits per heavy atom. The molecule has 19 heavy (non-hydrogen) atoms. The number of hydrogen-bond donors (Lipinski definition) is 2. The molecule has 0 saturated heterocycles. The largest absolute Gasteiger partial charge is 0.493 e. The van der Waals surface area contributed by atoms with E-state index in [2.05, 4.69) is 5.16 Å². The van der Waals surface area contributed by atoms with E-state index in [1.807, 2.05) is 0 Å². The summed E-state index contributed by atoms with van der Waals surface area (Å²) in [7, 11) is 0. The molecule has 0 bridgehead atoms. The molecule has 0 atom stereocenters. The van der Waals surface area contributed by atoms with Crippen molar-refractivity contribution < 1.29 is 19.4 Å². The Hall–Kier alpha value is -1.62. The van der Waals surface area contributed by atoms with Gasteiger partial charge in [0.1, 0.15) is 11.6 Å². The first-order valence-electron chi connectivity index (χ1n) is 6.41. The lowest BCUT2D eigenvalue weighted by Crippen LogP contribution is -2.04. The molecule has 2 N–H and O–H groups in total. The lowest BCUT2D eigenvalue weighted by atomic mass is 10.1. The van der Waals surface area contributed by atoms with Gasteiger partial charge in [-0.1, -0.05) is 11.6 Å². The number of halogens is 1. The van der Waals surface area contributed by atoms with Gasteiger partial charge in [0.15, 0.2) is 0 Å². The summed E-state index contributed by atoms with van der Waals surface area (Å²) >= 11 is 0. The van der Waals surface area contributed by atoms with E-state index < -0.39 is 5.82 Å². The molecule has 0 unspecified atom stereocenters. The van der Waals surface area contributed by atoms with Gasteiger partial charge in [-0.2, -0.15) is 0 Å². The number of hydrogen-bond acceptors (Lipinski definition) is 4. The third kappa shape index (κ3) is 5.26. The van der Waals surface area contributed by atoms with Gasteiger partial charge in [-0.05, 0) is 44.4 Å². The van der Waals surface area contributed by atoms with Crippen molar-refractivity contribution in [3.05, 3.63) is 29.6 Å². The minimum Gasteiger partial charge on any atom is -0.493 e. The molecule has 0 saturated carbocycles. The fraction of sp³-hybridized carbons (Fsp3) is 0.500. The molecule has 0 aliphatic carbocycles. The monoisotopic (exact) mass is 269 g/mol. The molecule has 0 aliphatic rings. The zero-order valence-electron chi connectivity index (χ0n) is 11.1. The molecule has 0 aliphatic heterocycles. The predicted octanol–water partition coefficient (Wildman–Crippen LogP) is 2.96. The summed E-state index contributed by atoms with van der Waals surface area (Å²) in [4.78, 5) is 0. The molecule has 0 fully saturated rings. The number of unbranched alkanes of at least 4 members (excludes halogenated alkanes) is 3. The van der Waals surface area contributed by atoms with Crippen LogP contribution in [-0.4, -0.2) is 29.2 Å². The van der Waals surface area contributed by atoms with Crippen LogP contribution in [0.2, 0.25) is 0 Å². The van der Waals surface area contributed by atoms with E-state index >= 15 is 0 Å². The van der Waals surface area contributed by atoms with E-state index in [1.165, 1.54) is 18.2 Å². The molecule has 0 spiro atoms. The van der Waals surface area contributed by atoms with Crippen molar-refractivity contribution in [1.29, 1.82) is 0 Å². The maximum atomic E-state index is 13.2. The third-order valence-electron chi connectivity index (χ3n) is 2.79. The summed E-state index contributed by atoms with van der Waals surface area (Å²) in [6.45, 7) is 2.32. The Labute approximate surface area is 112 Å². The fourth-order valence-electron chi connectivity index (χ4n) is 1.71. The van der Waals surface area contributed by atoms with Crippen LogP contribution in [0, 0.1) is 5.82 Å². The molecular formula is C14H20FNO3. The van der Waals surface area contributed by atoms with Gasteiger partial charge in [0, 0.05) is 12.2 Å². The second kappa shape index (κ2) is 8.48. The van der Waals surface area contributed by atoms with Crippen LogP contribution in [0.3, 0.4) is 0 Å². The number of benzene rings is 1. The normalized spacial score (nSPS) is 11.6. The van der Waals surface area contributed by atoms with Crippen LogP contribution in [0.1, 0.15) is 38.2 Å². The zero-order valence-corrected chi connectivity index (χ0v) is 11.1. The van der Waals surface area contributed by atoms with Crippen molar-refractivity contribution in [3.63, 3.8) is 0 Å². The molecule has 5 heteroatoms. The minimum atomic E-state index is -0.395. The van der Waals surface area contributed by atoms with Crippen LogP contribution in [0.4, 0.5) is 4.39 Å². The Morgan fingerprint density at radius 3 is 2.68 bits per heavy atom. The lowest BCUT2D eigenvalue weighted by molar-refractivity contribution is 0.273. The number of nitrogens with zero attached hydrogens (tertiary/aromatic N) is 1. The van der Waals surface area contributed by atoms with E-state index in [4.69, 9.17) is 15.1 Å². The van der Waals surface area contributed by atoms with E-state index in [0.29, 0.717) is 23.6 Å². The molecule has 0 heterocycles. The molecule has 1 aromatic rings. The highest BCUT2D eigenvalue weighted by atomic mass is 19.1. The Balaban J connectivity index is 2.53. The highest BCUT2D eigenvalue weighted by Gasteiger charge is 2.09. The first-order chi connectivity index (χ1) is 9.19. The summed E-state index contributed by atoms with van der Waals surface area (Å²) in [5.74, 6) is 0.118. The van der Waals surface area contributed by atoms with Gasteiger partial charge in [-0.25, -0.2) is 4.39 Å². The van der Waals surface area contributed by atoms with Gasteiger partial charge in [0.2, 0.25) is 0 Å². The fourth-order valence-corrected chi connectivity index (χ4v) is 1.71. The summed E-state index contributed by atoms with van der Waals surface area (Å²) in [5, 5.41) is 20.5. The Morgan fingerprint density at radius 2 is 2.00 bits per heavy atom. The quantitative estimate of drug-likeness (QED) is 0.330. The van der Waals surface area contributed by atoms with Crippen molar-refractivity contribution in [2.75, 3.05) is 13.2 Å². The number of rotatable bonds is 8. The summed E-state index contributed by atoms with van der Waals surface area (Å²) in [5.41, 5.74) is 0.771. The van der Waals surface area contributed by atoms with Gasteiger partial charge >= 0.3 is 0 Å². The molecule has 0 aromatic heterocycles. The van der Waals surface area contributed by atoms with Gasteiger partial charge in [0.25, 0.3) is 0 Å². The van der Waals surface area contributed by atoms with Gasteiger partial charge in [0.05, 0.1) is 12.3 Å². The molecule has 4 nitrogen and oxygen atoms in total. The predicted molar refractivity (Wildman–Crippen MR) is 71.4 cm³/mol. The van der Waals surface area contributed by atoms with E-state index in [1.54, 1.807) is 6.92 Å². The van der Waals surface area contributed by atoms with Crippen molar-refractivity contribution in [2.45, 2.75) is 32.6 Å². The molecule has 1 rings (SSSR count). The van der Waals surface area contributed by atoms with Crippen molar-refractivity contribution in [3.8, 4) is 5.75 Å². The van der Waals surface area contributed by atoms with E-state index in [-0.39, 0.29) is 6.61 Å². The number of ether oxygens (including phenoxy) is 1. The lowest BCUT2D eigenvalue weighted by Gasteiger charge is -2.10. The van der Waals surface area contributed by atoms with Crippen LogP contribution in [0.15, 0.2) is 23.4 Å². The minimum absolute atomic E-state index is 0.217. The van der Waals surface area contributed by atoms with Gasteiger partial charge in [-0.3, -0.25) is 0 Å². The zero-order chi connectivity index (χ0) is 14.1. The van der Waals surface area contributed by atoms with Crippen LogP contribution in [0.5, 0.6) is 5.75 Å². The van der Waals surface area contributed by atoms with Crippen molar-refractivity contribution >= 4 is 5.71 Å². The molecule has 0 amide bonds. The standard InChI is InChI=1S/C14H20FNO3/c1-11(16-18)13-10-12(15)6-7-14(13)19-9-5-3-2-4-8-17/h6-7,10,17-18H,2-5,8-9H2,1H3/b16-11-. The summed E-state index contributed by atoms with van der Waals surface area (Å²) in [6.07, 6.45) is 3.61. The summed E-state index contributed by atoms with van der Waals surface area (Å²) in [6, 6.07) is 4.14. The number of aliphatic hydroxyl groups is 1. The molecular weight excluding hydrogens is 249 g/mol. The highest BCUT2D eigenvalue weighted by molar-refractivity contribution is 6.00. The molecule has 1 aromatic carbocycles. The Bertz CT molecular complexity index is 421. The second-order valence-corrected chi connectivity index (χ2v) is 4.31. The van der Waals surface area contributed by atoms with Gasteiger partial charge < -0.3 is 15.1 Å². The highest BCUT2D eigenvalue weighted by Crippen LogP contribution is 2.21. The van der Waals surface area contributed by atoms with E-state index in [9.17, 15) is 4.39 Å². The van der Waals surface area contributed by atoms with Gasteiger partial charge in [-0.15, -0.1) is 0 Å². The third-order valence-corrected chi connectivity index (χ3v) is 2.79. The number of aliphatic hydroxyl groups excluding tert-OH is 1. The average Bonchev–Trinajstić information content (AvgIpc) is 2.43. The van der Waals surface area contributed by atoms with E-state index in [0.717, 1.165) is 25.7 Å². The van der Waals surface area contributed by atoms with Crippen molar-refractivity contribution in [1.82, 2.24) is 0 Å². The average molecular weight is 269 g/mol. The first kappa shape index (κ1) is 15.4. The molecule has 106 valence electrons. The maximum absolute atomic E-state index is 13.2. The topological polar surface area (TPSA) is 62.1 Å². The number of oxime groups is 1. The van der Waals surface area contributed by atoms with Crippen LogP contribution in [0.25, 0.3) is 0 Å².